The number of hydrogen-bond donors (Lipinski definition) is 1. The van der Waals surface area contributed by atoms with Gasteiger partial charge >= 0.3 is 0 Å². The molecule has 1 N–H and O–H groups in total. The van der Waals surface area contributed by atoms with Gasteiger partial charge in [0.05, 0.1) is 19.3 Å². The van der Waals surface area contributed by atoms with E-state index in [1.807, 2.05) is 36.6 Å². The topological polar surface area (TPSA) is 60.2 Å². The Morgan fingerprint density at radius 2 is 1.96 bits per heavy atom. The first-order valence-electron chi connectivity index (χ1n) is 8.65. The second-order valence-corrected chi connectivity index (χ2v) is 7.26. The summed E-state index contributed by atoms with van der Waals surface area (Å²) in [7, 11) is 0. The third kappa shape index (κ3) is 5.15. The summed E-state index contributed by atoms with van der Waals surface area (Å²) in [5.74, 6) is 0.887. The monoisotopic (exact) mass is 387 g/mol. The zero-order chi connectivity index (χ0) is 19.2. The molecule has 27 heavy (non-hydrogen) atoms. The molecule has 0 unspecified atom stereocenters. The summed E-state index contributed by atoms with van der Waals surface area (Å²) in [5, 5.41) is 19.2. The first-order chi connectivity index (χ1) is 13.0. The van der Waals surface area contributed by atoms with Crippen LogP contribution in [0.3, 0.4) is 0 Å². The van der Waals surface area contributed by atoms with Crippen molar-refractivity contribution in [2.24, 2.45) is 0 Å². The lowest BCUT2D eigenvalue weighted by Gasteiger charge is -2.12. The first-order valence-corrected chi connectivity index (χ1v) is 9.64. The highest BCUT2D eigenvalue weighted by Crippen LogP contribution is 2.23. The molecule has 0 saturated carbocycles. The molecule has 0 aliphatic heterocycles. The van der Waals surface area contributed by atoms with Crippen LogP contribution >= 0.6 is 11.8 Å². The number of ether oxygens (including phenoxy) is 1. The number of hydrogen-bond acceptors (Lipinski definition) is 5. The van der Waals surface area contributed by atoms with Crippen LogP contribution in [0.25, 0.3) is 5.69 Å². The van der Waals surface area contributed by atoms with Crippen molar-refractivity contribution in [3.05, 3.63) is 71.3 Å². The van der Waals surface area contributed by atoms with Crippen molar-refractivity contribution in [2.75, 3.05) is 12.4 Å². The van der Waals surface area contributed by atoms with Crippen LogP contribution in [0.5, 0.6) is 0 Å². The lowest BCUT2D eigenvalue weighted by molar-refractivity contribution is 0.0386. The molecular weight excluding hydrogens is 365 g/mol. The fourth-order valence-electron chi connectivity index (χ4n) is 2.64. The van der Waals surface area contributed by atoms with Gasteiger partial charge in [-0.1, -0.05) is 42.1 Å². The Labute approximate surface area is 162 Å². The van der Waals surface area contributed by atoms with E-state index < -0.39 is 6.10 Å². The molecule has 0 saturated heterocycles. The summed E-state index contributed by atoms with van der Waals surface area (Å²) in [5.41, 5.74) is 2.62. The molecule has 1 atom stereocenters. The molecule has 0 bridgehead atoms. The zero-order valence-corrected chi connectivity index (χ0v) is 16.1. The molecule has 2 aromatic carbocycles. The van der Waals surface area contributed by atoms with Gasteiger partial charge in [-0.3, -0.25) is 4.57 Å². The van der Waals surface area contributed by atoms with E-state index >= 15 is 0 Å². The largest absolute Gasteiger partial charge is 0.390 e. The van der Waals surface area contributed by atoms with E-state index in [1.165, 1.54) is 17.8 Å². The van der Waals surface area contributed by atoms with E-state index in [2.05, 4.69) is 16.3 Å². The van der Waals surface area contributed by atoms with Crippen LogP contribution in [0.15, 0.2) is 53.7 Å². The Kier molecular flexibility index (Phi) is 6.60. The Hall–Kier alpha value is -2.22. The number of aliphatic hydroxyl groups excluding tert-OH is 1. The standard InChI is InChI=1S/C20H22FN3O2S/c1-14-6-5-8-17(10-14)24-15(2)22-23-20(24)27-13-18(25)12-26-11-16-7-3-4-9-19(16)21/h3-10,18,25H,11-13H2,1-2H3/t18-/m0/s1. The van der Waals surface area contributed by atoms with Gasteiger partial charge in [0.1, 0.15) is 11.6 Å². The number of thioether (sulfide) groups is 1. The predicted octanol–water partition coefficient (Wildman–Crippen LogP) is 3.69. The number of halogens is 1. The second kappa shape index (κ2) is 9.12. The molecule has 5 nitrogen and oxygen atoms in total. The van der Waals surface area contributed by atoms with Crippen molar-refractivity contribution in [2.45, 2.75) is 31.7 Å². The lowest BCUT2D eigenvalue weighted by atomic mass is 10.2. The van der Waals surface area contributed by atoms with Gasteiger partial charge in [-0.2, -0.15) is 0 Å². The van der Waals surface area contributed by atoms with Crippen LogP contribution in [0.1, 0.15) is 17.0 Å². The summed E-state index contributed by atoms with van der Waals surface area (Å²) in [6.07, 6.45) is -0.690. The van der Waals surface area contributed by atoms with Gasteiger partial charge in [-0.15, -0.1) is 10.2 Å². The number of aromatic nitrogens is 3. The molecule has 0 radical (unpaired) electrons. The van der Waals surface area contributed by atoms with Crippen molar-refractivity contribution < 1.29 is 14.2 Å². The van der Waals surface area contributed by atoms with Crippen molar-refractivity contribution in [3.8, 4) is 5.69 Å². The Morgan fingerprint density at radius 3 is 2.74 bits per heavy atom. The van der Waals surface area contributed by atoms with Crippen LogP contribution < -0.4 is 0 Å². The SMILES string of the molecule is Cc1cccc(-n2c(C)nnc2SC[C@@H](O)COCc2ccccc2F)c1. The fourth-order valence-corrected chi connectivity index (χ4v) is 3.54. The van der Waals surface area contributed by atoms with E-state index in [1.54, 1.807) is 18.2 Å². The van der Waals surface area contributed by atoms with E-state index in [4.69, 9.17) is 4.74 Å². The average Bonchev–Trinajstić information content (AvgIpc) is 3.02. The average molecular weight is 387 g/mol. The van der Waals surface area contributed by atoms with E-state index in [0.717, 1.165) is 17.1 Å². The van der Waals surface area contributed by atoms with Gasteiger partial charge < -0.3 is 9.84 Å². The van der Waals surface area contributed by atoms with E-state index in [0.29, 0.717) is 16.5 Å². The highest BCUT2D eigenvalue weighted by atomic mass is 32.2. The first kappa shape index (κ1) is 19.5. The maximum Gasteiger partial charge on any atom is 0.195 e. The van der Waals surface area contributed by atoms with Gasteiger partial charge in [0.2, 0.25) is 0 Å². The number of aliphatic hydroxyl groups is 1. The highest BCUT2D eigenvalue weighted by Gasteiger charge is 2.14. The maximum absolute atomic E-state index is 13.6. The van der Waals surface area contributed by atoms with Crippen molar-refractivity contribution in [3.63, 3.8) is 0 Å². The van der Waals surface area contributed by atoms with Gasteiger partial charge in [-0.05, 0) is 37.6 Å². The van der Waals surface area contributed by atoms with Crippen molar-refractivity contribution in [1.82, 2.24) is 14.8 Å². The summed E-state index contributed by atoms with van der Waals surface area (Å²) in [4.78, 5) is 0. The third-order valence-electron chi connectivity index (χ3n) is 3.99. The van der Waals surface area contributed by atoms with Crippen LogP contribution in [0.2, 0.25) is 0 Å². The predicted molar refractivity (Wildman–Crippen MR) is 104 cm³/mol. The smallest absolute Gasteiger partial charge is 0.195 e. The number of nitrogens with zero attached hydrogens (tertiary/aromatic N) is 3. The summed E-state index contributed by atoms with van der Waals surface area (Å²) in [6, 6.07) is 14.5. The number of rotatable bonds is 8. The fraction of sp³-hybridized carbons (Fsp3) is 0.300. The highest BCUT2D eigenvalue weighted by molar-refractivity contribution is 7.99. The van der Waals surface area contributed by atoms with Crippen LogP contribution in [-0.4, -0.2) is 38.3 Å². The van der Waals surface area contributed by atoms with Crippen LogP contribution in [0.4, 0.5) is 4.39 Å². The molecule has 0 fully saturated rings. The Balaban J connectivity index is 1.55. The molecule has 1 aromatic heterocycles. The molecule has 0 aliphatic rings. The van der Waals surface area contributed by atoms with Crippen molar-refractivity contribution in [1.29, 1.82) is 0 Å². The molecule has 0 spiro atoms. The maximum atomic E-state index is 13.6. The minimum absolute atomic E-state index is 0.124. The van der Waals surface area contributed by atoms with Gasteiger partial charge in [-0.25, -0.2) is 4.39 Å². The summed E-state index contributed by atoms with van der Waals surface area (Å²) < 4.78 is 21.0. The molecule has 3 aromatic rings. The Bertz CT molecular complexity index is 900. The van der Waals surface area contributed by atoms with Gasteiger partial charge in [0.25, 0.3) is 0 Å². The third-order valence-corrected chi connectivity index (χ3v) is 5.06. The molecule has 1 heterocycles. The van der Waals surface area contributed by atoms with Gasteiger partial charge in [0, 0.05) is 17.0 Å². The van der Waals surface area contributed by atoms with Crippen LogP contribution in [-0.2, 0) is 11.3 Å². The lowest BCUT2D eigenvalue weighted by Crippen LogP contribution is -2.18. The molecule has 0 aliphatic carbocycles. The molecular formula is C20H22FN3O2S. The van der Waals surface area contributed by atoms with Crippen LogP contribution in [0, 0.1) is 19.7 Å². The van der Waals surface area contributed by atoms with Crippen molar-refractivity contribution >= 4 is 11.8 Å². The Morgan fingerprint density at radius 1 is 1.15 bits per heavy atom. The van der Waals surface area contributed by atoms with E-state index in [9.17, 15) is 9.50 Å². The molecule has 0 amide bonds. The minimum atomic E-state index is -0.690. The molecule has 142 valence electrons. The number of aryl methyl sites for hydroxylation is 2. The number of benzene rings is 2. The minimum Gasteiger partial charge on any atom is -0.390 e. The molecule has 7 heteroatoms. The van der Waals surface area contributed by atoms with Gasteiger partial charge in [0.15, 0.2) is 5.16 Å². The zero-order valence-electron chi connectivity index (χ0n) is 15.3. The summed E-state index contributed by atoms with van der Waals surface area (Å²) in [6.45, 7) is 4.19. The molecule has 3 rings (SSSR count). The second-order valence-electron chi connectivity index (χ2n) is 6.28. The normalized spacial score (nSPS) is 12.3. The summed E-state index contributed by atoms with van der Waals surface area (Å²) >= 11 is 1.41. The quantitative estimate of drug-likeness (QED) is 0.598. The van der Waals surface area contributed by atoms with E-state index in [-0.39, 0.29) is 19.0 Å².